The fourth-order valence-electron chi connectivity index (χ4n) is 4.11. The zero-order valence-electron chi connectivity index (χ0n) is 13.2. The molecule has 4 atom stereocenters. The molecule has 0 spiro atoms. The van der Waals surface area contributed by atoms with Crippen molar-refractivity contribution in [2.75, 3.05) is 6.54 Å². The van der Waals surface area contributed by atoms with Gasteiger partial charge < -0.3 is 5.32 Å². The van der Waals surface area contributed by atoms with E-state index in [-0.39, 0.29) is 11.3 Å². The largest absolute Gasteiger partial charge is 0.309 e. The molecule has 0 saturated heterocycles. The van der Waals surface area contributed by atoms with Crippen LogP contribution >= 0.6 is 0 Å². The summed E-state index contributed by atoms with van der Waals surface area (Å²) < 4.78 is 13.1. The average Bonchev–Trinajstić information content (AvgIpc) is 3.04. The van der Waals surface area contributed by atoms with Crippen molar-refractivity contribution in [3.05, 3.63) is 35.4 Å². The first-order valence-corrected chi connectivity index (χ1v) is 9.71. The molecule has 0 radical (unpaired) electrons. The molecule has 2 aliphatic rings. The van der Waals surface area contributed by atoms with Gasteiger partial charge in [-0.3, -0.25) is 4.21 Å². The summed E-state index contributed by atoms with van der Waals surface area (Å²) in [6.45, 7) is 5.38. The van der Waals surface area contributed by atoms with Crippen LogP contribution in [0, 0.1) is 0 Å². The maximum atomic E-state index is 13.1. The third-order valence-electron chi connectivity index (χ3n) is 5.17. The second-order valence-electron chi connectivity index (χ2n) is 6.57. The van der Waals surface area contributed by atoms with Crippen molar-refractivity contribution >= 4 is 10.8 Å². The minimum atomic E-state index is -0.704. The summed E-state index contributed by atoms with van der Waals surface area (Å²) in [7, 11) is -0.704. The number of hydrogen-bond acceptors (Lipinski definition) is 2. The van der Waals surface area contributed by atoms with Crippen LogP contribution in [-0.4, -0.2) is 21.3 Å². The van der Waals surface area contributed by atoms with E-state index in [9.17, 15) is 4.21 Å². The van der Waals surface area contributed by atoms with E-state index in [2.05, 4.69) is 43.4 Å². The lowest BCUT2D eigenvalue weighted by atomic mass is 9.80. The summed E-state index contributed by atoms with van der Waals surface area (Å²) >= 11 is 0. The first-order chi connectivity index (χ1) is 10.2. The maximum absolute atomic E-state index is 13.1. The maximum Gasteiger partial charge on any atom is 0.0551 e. The molecular formula is C18H27NOS. The van der Waals surface area contributed by atoms with Gasteiger partial charge in [0.05, 0.1) is 5.25 Å². The molecule has 0 aliphatic heterocycles. The minimum Gasteiger partial charge on any atom is -0.309 e. The number of hydrogen-bond donors (Lipinski definition) is 1. The lowest BCUT2D eigenvalue weighted by Gasteiger charge is -2.38. The third kappa shape index (κ3) is 2.95. The van der Waals surface area contributed by atoms with Crippen LogP contribution in [0.4, 0.5) is 0 Å². The van der Waals surface area contributed by atoms with Gasteiger partial charge in [-0.2, -0.15) is 0 Å². The Morgan fingerprint density at radius 1 is 1.19 bits per heavy atom. The summed E-state index contributed by atoms with van der Waals surface area (Å²) in [5.41, 5.74) is 2.83. The molecule has 2 aliphatic carbocycles. The Hall–Kier alpha value is -0.670. The normalized spacial score (nSPS) is 31.0. The number of rotatable bonds is 4. The van der Waals surface area contributed by atoms with Crippen molar-refractivity contribution < 1.29 is 4.21 Å². The summed E-state index contributed by atoms with van der Waals surface area (Å²) in [5.74, 6) is 0.520. The van der Waals surface area contributed by atoms with Crippen molar-refractivity contribution in [3.63, 3.8) is 0 Å². The van der Waals surface area contributed by atoms with Crippen molar-refractivity contribution in [3.8, 4) is 0 Å². The van der Waals surface area contributed by atoms with Crippen molar-refractivity contribution in [2.45, 2.75) is 68.4 Å². The monoisotopic (exact) mass is 305 g/mol. The molecule has 0 heterocycles. The van der Waals surface area contributed by atoms with Gasteiger partial charge in [-0.25, -0.2) is 0 Å². The smallest absolute Gasteiger partial charge is 0.0551 e. The van der Waals surface area contributed by atoms with Crippen LogP contribution in [0.5, 0.6) is 0 Å². The van der Waals surface area contributed by atoms with E-state index < -0.39 is 10.8 Å². The van der Waals surface area contributed by atoms with E-state index in [0.717, 1.165) is 25.8 Å². The molecule has 116 valence electrons. The number of fused-ring (bicyclic) bond motifs is 1. The first kappa shape index (κ1) is 15.2. The van der Waals surface area contributed by atoms with Gasteiger partial charge in [-0.1, -0.05) is 51.0 Å². The van der Waals surface area contributed by atoms with Crippen LogP contribution in [0.15, 0.2) is 24.3 Å². The van der Waals surface area contributed by atoms with E-state index in [1.807, 2.05) is 0 Å². The lowest BCUT2D eigenvalue weighted by Crippen LogP contribution is -2.41. The highest BCUT2D eigenvalue weighted by atomic mass is 32.2. The second-order valence-corrected chi connectivity index (χ2v) is 8.50. The Kier molecular flexibility index (Phi) is 4.80. The van der Waals surface area contributed by atoms with E-state index in [1.165, 1.54) is 24.0 Å². The molecule has 1 saturated carbocycles. The molecule has 1 aromatic rings. The molecule has 3 heteroatoms. The molecule has 1 fully saturated rings. The zero-order valence-corrected chi connectivity index (χ0v) is 14.0. The van der Waals surface area contributed by atoms with Gasteiger partial charge in [0.25, 0.3) is 0 Å². The van der Waals surface area contributed by atoms with Gasteiger partial charge in [0, 0.05) is 22.1 Å². The summed E-state index contributed by atoms with van der Waals surface area (Å²) in [6, 6.07) is 9.00. The van der Waals surface area contributed by atoms with Gasteiger partial charge in [0.2, 0.25) is 0 Å². The highest BCUT2D eigenvalue weighted by Crippen LogP contribution is 2.41. The fourth-order valence-corrected chi connectivity index (χ4v) is 6.39. The highest BCUT2D eigenvalue weighted by molar-refractivity contribution is 7.86. The molecule has 1 N–H and O–H groups in total. The Labute approximate surface area is 131 Å². The highest BCUT2D eigenvalue weighted by Gasteiger charge is 2.39. The van der Waals surface area contributed by atoms with Gasteiger partial charge >= 0.3 is 0 Å². The third-order valence-corrected chi connectivity index (χ3v) is 7.36. The molecule has 0 bridgehead atoms. The molecule has 1 aromatic carbocycles. The second kappa shape index (κ2) is 6.62. The topological polar surface area (TPSA) is 29.1 Å². The lowest BCUT2D eigenvalue weighted by molar-refractivity contribution is 0.442. The number of nitrogens with one attached hydrogen (secondary N) is 1. The standard InChI is InChI=1S/C18H27NOS/c1-3-19-18-16-11-7-6-10-15(16)13(2)12-17(18)21(20)14-8-4-5-9-14/h6-7,10-11,13-14,17-19H,3-5,8-9,12H2,1-2H3. The average molecular weight is 305 g/mol. The van der Waals surface area contributed by atoms with Crippen molar-refractivity contribution in [1.29, 1.82) is 0 Å². The SMILES string of the molecule is CCNC1c2ccccc2C(C)CC1S(=O)C1CCCC1. The quantitative estimate of drug-likeness (QED) is 0.914. The van der Waals surface area contributed by atoms with Gasteiger partial charge in [-0.05, 0) is 42.9 Å². The van der Waals surface area contributed by atoms with Crippen molar-refractivity contribution in [1.82, 2.24) is 5.32 Å². The molecule has 21 heavy (non-hydrogen) atoms. The Morgan fingerprint density at radius 2 is 1.86 bits per heavy atom. The summed E-state index contributed by atoms with van der Waals surface area (Å²) in [5, 5.41) is 4.34. The van der Waals surface area contributed by atoms with Crippen LogP contribution in [0.25, 0.3) is 0 Å². The van der Waals surface area contributed by atoms with Crippen molar-refractivity contribution in [2.24, 2.45) is 0 Å². The summed E-state index contributed by atoms with van der Waals surface area (Å²) in [4.78, 5) is 0. The van der Waals surface area contributed by atoms with Gasteiger partial charge in [0.1, 0.15) is 0 Å². The Balaban J connectivity index is 1.91. The van der Waals surface area contributed by atoms with Crippen LogP contribution in [0.2, 0.25) is 0 Å². The predicted octanol–water partition coefficient (Wildman–Crippen LogP) is 3.90. The van der Waals surface area contributed by atoms with Crippen LogP contribution in [0.1, 0.15) is 69.0 Å². The summed E-state index contributed by atoms with van der Waals surface area (Å²) in [6.07, 6.45) is 5.91. The molecule has 4 unspecified atom stereocenters. The fraction of sp³-hybridized carbons (Fsp3) is 0.667. The number of benzene rings is 1. The van der Waals surface area contributed by atoms with E-state index in [4.69, 9.17) is 0 Å². The van der Waals surface area contributed by atoms with Gasteiger partial charge in [0.15, 0.2) is 0 Å². The molecule has 3 rings (SSSR count). The van der Waals surface area contributed by atoms with Crippen LogP contribution in [-0.2, 0) is 10.8 Å². The van der Waals surface area contributed by atoms with Gasteiger partial charge in [-0.15, -0.1) is 0 Å². The molecule has 0 aromatic heterocycles. The predicted molar refractivity (Wildman–Crippen MR) is 90.1 cm³/mol. The Bertz CT molecular complexity index is 510. The minimum absolute atomic E-state index is 0.267. The first-order valence-electron chi connectivity index (χ1n) is 8.44. The molecular weight excluding hydrogens is 278 g/mol. The zero-order chi connectivity index (χ0) is 14.8. The van der Waals surface area contributed by atoms with E-state index in [0.29, 0.717) is 11.2 Å². The molecule has 2 nitrogen and oxygen atoms in total. The van der Waals surface area contributed by atoms with Crippen LogP contribution in [0.3, 0.4) is 0 Å². The molecule has 0 amide bonds. The van der Waals surface area contributed by atoms with Crippen LogP contribution < -0.4 is 5.32 Å². The van der Waals surface area contributed by atoms with E-state index >= 15 is 0 Å². The Morgan fingerprint density at radius 3 is 2.52 bits per heavy atom. The van der Waals surface area contributed by atoms with E-state index in [1.54, 1.807) is 0 Å².